The summed E-state index contributed by atoms with van der Waals surface area (Å²) < 4.78 is 0. The van der Waals surface area contributed by atoms with Crippen LogP contribution in [0.3, 0.4) is 0 Å². The van der Waals surface area contributed by atoms with E-state index in [-0.39, 0.29) is 17.7 Å². The third kappa shape index (κ3) is 2.01. The predicted molar refractivity (Wildman–Crippen MR) is 95.9 cm³/mol. The van der Waals surface area contributed by atoms with Gasteiger partial charge in [-0.2, -0.15) is 15.6 Å². The highest BCUT2D eigenvalue weighted by molar-refractivity contribution is 5.87. The van der Waals surface area contributed by atoms with Crippen LogP contribution in [0.4, 0.5) is 0 Å². The van der Waals surface area contributed by atoms with E-state index in [1.54, 1.807) is 11.2 Å². The zero-order chi connectivity index (χ0) is 18.3. The van der Waals surface area contributed by atoms with Crippen LogP contribution in [0.15, 0.2) is 59.7 Å². The fourth-order valence-corrected chi connectivity index (χ4v) is 4.33. The summed E-state index contributed by atoms with van der Waals surface area (Å²) in [7, 11) is 0. The first-order valence-corrected chi connectivity index (χ1v) is 8.44. The first-order valence-electron chi connectivity index (χ1n) is 8.44. The zero-order valence-electron chi connectivity index (χ0n) is 14.2. The normalized spacial score (nSPS) is 24.9. The summed E-state index contributed by atoms with van der Waals surface area (Å²) in [5.74, 6) is -1.29. The van der Waals surface area contributed by atoms with Crippen molar-refractivity contribution in [1.82, 2.24) is 5.01 Å². The van der Waals surface area contributed by atoms with E-state index in [0.29, 0.717) is 0 Å². The van der Waals surface area contributed by atoms with E-state index in [4.69, 9.17) is 0 Å². The molecule has 0 N–H and O–H groups in total. The first-order chi connectivity index (χ1) is 12.6. The molecular formula is C21H16N4O. The summed E-state index contributed by atoms with van der Waals surface area (Å²) >= 11 is 0. The van der Waals surface area contributed by atoms with Crippen LogP contribution in [0.2, 0.25) is 0 Å². The number of benzene rings is 2. The van der Waals surface area contributed by atoms with Crippen molar-refractivity contribution in [2.75, 3.05) is 0 Å². The minimum atomic E-state index is -1.62. The van der Waals surface area contributed by atoms with Crippen LogP contribution in [0.25, 0.3) is 0 Å². The van der Waals surface area contributed by atoms with Crippen LogP contribution in [0.1, 0.15) is 35.6 Å². The molecule has 1 saturated heterocycles. The van der Waals surface area contributed by atoms with Crippen LogP contribution in [0, 0.1) is 28.6 Å². The summed E-state index contributed by atoms with van der Waals surface area (Å²) in [5, 5.41) is 25.9. The van der Waals surface area contributed by atoms with Crippen LogP contribution >= 0.6 is 0 Å². The van der Waals surface area contributed by atoms with Gasteiger partial charge in [0.25, 0.3) is 0 Å². The number of ketones is 1. The number of rotatable bonds is 2. The molecule has 3 atom stereocenters. The molecule has 2 aliphatic rings. The lowest BCUT2D eigenvalue weighted by atomic mass is 9.73. The van der Waals surface area contributed by atoms with E-state index in [1.807, 2.05) is 54.6 Å². The van der Waals surface area contributed by atoms with Crippen molar-refractivity contribution in [2.45, 2.75) is 24.4 Å². The van der Waals surface area contributed by atoms with Gasteiger partial charge in [-0.25, -0.2) is 0 Å². The third-order valence-corrected chi connectivity index (χ3v) is 5.37. The largest absolute Gasteiger partial charge is 0.300 e. The predicted octanol–water partition coefficient (Wildman–Crippen LogP) is 3.17. The van der Waals surface area contributed by atoms with E-state index in [0.717, 1.165) is 16.7 Å². The Labute approximate surface area is 151 Å². The molecule has 126 valence electrons. The number of hydrazone groups is 1. The van der Waals surface area contributed by atoms with Crippen molar-refractivity contribution in [3.63, 3.8) is 0 Å². The smallest absolute Gasteiger partial charge is 0.240 e. The maximum atomic E-state index is 12.6. The second-order valence-corrected chi connectivity index (χ2v) is 6.68. The molecule has 0 amide bonds. The number of hydrogen-bond donors (Lipinski definition) is 0. The van der Waals surface area contributed by atoms with Crippen LogP contribution in [-0.4, -0.2) is 22.5 Å². The van der Waals surface area contributed by atoms with Gasteiger partial charge in [0.15, 0.2) is 0 Å². The Bertz CT molecular complexity index is 969. The molecule has 0 spiro atoms. The molecule has 2 aliphatic heterocycles. The average molecular weight is 340 g/mol. The van der Waals surface area contributed by atoms with Crippen molar-refractivity contribution in [2.24, 2.45) is 11.0 Å². The molecule has 2 aromatic rings. The van der Waals surface area contributed by atoms with E-state index >= 15 is 0 Å². The molecule has 0 saturated carbocycles. The zero-order valence-corrected chi connectivity index (χ0v) is 14.2. The lowest BCUT2D eigenvalue weighted by molar-refractivity contribution is -0.122. The third-order valence-electron chi connectivity index (χ3n) is 5.37. The monoisotopic (exact) mass is 340 g/mol. The highest BCUT2D eigenvalue weighted by Gasteiger charge is 2.63. The first kappa shape index (κ1) is 16.1. The Morgan fingerprint density at radius 1 is 1.08 bits per heavy atom. The maximum Gasteiger partial charge on any atom is 0.240 e. The summed E-state index contributed by atoms with van der Waals surface area (Å²) in [6, 6.07) is 21.3. The molecule has 5 nitrogen and oxygen atoms in total. The van der Waals surface area contributed by atoms with Gasteiger partial charge in [0.1, 0.15) is 17.9 Å². The van der Waals surface area contributed by atoms with Crippen molar-refractivity contribution >= 4 is 12.0 Å². The molecule has 2 aromatic carbocycles. The van der Waals surface area contributed by atoms with Gasteiger partial charge in [0, 0.05) is 5.92 Å². The second-order valence-electron chi connectivity index (χ2n) is 6.68. The van der Waals surface area contributed by atoms with Gasteiger partial charge in [0.2, 0.25) is 5.54 Å². The fraction of sp³-hybridized carbons (Fsp3) is 0.238. The summed E-state index contributed by atoms with van der Waals surface area (Å²) in [6.07, 6.45) is 1.67. The Morgan fingerprint density at radius 3 is 2.38 bits per heavy atom. The second kappa shape index (κ2) is 5.82. The SMILES string of the molecule is CC(=O)[C@H]1[C@H](c2ccccc2)[C@@H]2c3ccccc3C=NN2C1(C#N)C#N. The highest BCUT2D eigenvalue weighted by Crippen LogP contribution is 2.56. The number of nitrogens with zero attached hydrogens (tertiary/aromatic N) is 4. The molecular weight excluding hydrogens is 324 g/mol. The lowest BCUT2D eigenvalue weighted by Gasteiger charge is -2.33. The van der Waals surface area contributed by atoms with Gasteiger partial charge in [0.05, 0.1) is 18.2 Å². The summed E-state index contributed by atoms with van der Waals surface area (Å²) in [4.78, 5) is 12.6. The van der Waals surface area contributed by atoms with Crippen molar-refractivity contribution in [1.29, 1.82) is 10.5 Å². The topological polar surface area (TPSA) is 80.2 Å². The van der Waals surface area contributed by atoms with Crippen LogP contribution in [0.5, 0.6) is 0 Å². The van der Waals surface area contributed by atoms with Crippen molar-refractivity contribution in [3.05, 3.63) is 71.3 Å². The van der Waals surface area contributed by atoms with E-state index in [2.05, 4.69) is 17.2 Å². The maximum absolute atomic E-state index is 12.6. The fourth-order valence-electron chi connectivity index (χ4n) is 4.33. The van der Waals surface area contributed by atoms with Gasteiger partial charge < -0.3 is 0 Å². The molecule has 0 bridgehead atoms. The van der Waals surface area contributed by atoms with Gasteiger partial charge >= 0.3 is 0 Å². The van der Waals surface area contributed by atoms with E-state index in [9.17, 15) is 15.3 Å². The Balaban J connectivity index is 2.02. The molecule has 0 aliphatic carbocycles. The number of carbonyl (C=O) groups is 1. The quantitative estimate of drug-likeness (QED) is 0.841. The van der Waals surface area contributed by atoms with Crippen LogP contribution in [-0.2, 0) is 4.79 Å². The Hall–Kier alpha value is -3.44. The molecule has 1 fully saturated rings. The number of carbonyl (C=O) groups excluding carboxylic acids is 1. The van der Waals surface area contributed by atoms with Gasteiger partial charge in [-0.15, -0.1) is 0 Å². The molecule has 0 unspecified atom stereocenters. The Morgan fingerprint density at radius 2 is 1.73 bits per heavy atom. The van der Waals surface area contributed by atoms with Crippen molar-refractivity contribution in [3.8, 4) is 12.1 Å². The summed E-state index contributed by atoms with van der Waals surface area (Å²) in [5.41, 5.74) is 1.24. The molecule has 2 heterocycles. The van der Waals surface area contributed by atoms with Gasteiger partial charge in [-0.05, 0) is 23.6 Å². The van der Waals surface area contributed by atoms with E-state index < -0.39 is 11.5 Å². The standard InChI is InChI=1S/C21H16N4O/c1-14(26)19-18(15-7-3-2-4-8-15)20-17-10-6-5-9-16(17)11-24-25(20)21(19,12-22)13-23/h2-11,18-20H,1H3/t18-,19-,20-/m0/s1. The minimum absolute atomic E-state index is 0.177. The number of nitriles is 2. The Kier molecular flexibility index (Phi) is 3.60. The average Bonchev–Trinajstić information content (AvgIpc) is 3.00. The summed E-state index contributed by atoms with van der Waals surface area (Å²) in [6.45, 7) is 1.46. The highest BCUT2D eigenvalue weighted by atomic mass is 16.1. The van der Waals surface area contributed by atoms with Gasteiger partial charge in [-0.3, -0.25) is 9.80 Å². The molecule has 26 heavy (non-hydrogen) atoms. The van der Waals surface area contributed by atoms with Crippen molar-refractivity contribution < 1.29 is 4.79 Å². The molecule has 0 radical (unpaired) electrons. The molecule has 5 heteroatoms. The van der Waals surface area contributed by atoms with E-state index in [1.165, 1.54) is 6.92 Å². The van der Waals surface area contributed by atoms with Crippen LogP contribution < -0.4 is 0 Å². The molecule has 4 rings (SSSR count). The number of fused-ring (bicyclic) bond motifs is 3. The number of hydrogen-bond acceptors (Lipinski definition) is 5. The number of Topliss-reactive ketones (excluding diaryl/α,β-unsaturated/α-hetero) is 1. The minimum Gasteiger partial charge on any atom is -0.300 e. The molecule has 0 aromatic heterocycles. The lowest BCUT2D eigenvalue weighted by Crippen LogP contribution is -2.46. The van der Waals surface area contributed by atoms with Gasteiger partial charge in [-0.1, -0.05) is 54.6 Å².